The molecule has 0 atom stereocenters. The number of aliphatic hydroxyl groups is 1. The zero-order valence-electron chi connectivity index (χ0n) is 8.48. The van der Waals surface area contributed by atoms with Gasteiger partial charge in [-0.1, -0.05) is 6.07 Å². The molecule has 0 heterocycles. The van der Waals surface area contributed by atoms with E-state index in [0.29, 0.717) is 12.8 Å². The van der Waals surface area contributed by atoms with Gasteiger partial charge in [-0.3, -0.25) is 4.79 Å². The van der Waals surface area contributed by atoms with Gasteiger partial charge in [-0.15, -0.1) is 0 Å². The molecule has 3 N–H and O–H groups in total. The third kappa shape index (κ3) is 1.99. The molecule has 4 nitrogen and oxygen atoms in total. The largest absolute Gasteiger partial charge is 0.507 e. The van der Waals surface area contributed by atoms with Crippen molar-refractivity contribution in [2.45, 2.75) is 25.0 Å². The Hall–Kier alpha value is -1.62. The standard InChI is InChI=1S/C11H12FNO3/c12-8-2-1-3-9(15)10(8)11(16)13-6-4-7(14)5-6/h1-3,6-7,14-15H,4-5H2,(H,13,16). The molecular weight excluding hydrogens is 213 g/mol. The van der Waals surface area contributed by atoms with E-state index in [1.165, 1.54) is 12.1 Å². The molecule has 0 spiro atoms. The van der Waals surface area contributed by atoms with Crippen LogP contribution in [0, 0.1) is 5.82 Å². The second-order valence-electron chi connectivity index (χ2n) is 3.93. The average Bonchev–Trinajstić information content (AvgIpc) is 2.15. The summed E-state index contributed by atoms with van der Waals surface area (Å²) in [5.74, 6) is -1.78. The van der Waals surface area contributed by atoms with Crippen molar-refractivity contribution in [3.63, 3.8) is 0 Å². The van der Waals surface area contributed by atoms with Gasteiger partial charge >= 0.3 is 0 Å². The first-order valence-electron chi connectivity index (χ1n) is 5.04. The van der Waals surface area contributed by atoms with E-state index < -0.39 is 11.7 Å². The first kappa shape index (κ1) is 10.9. The van der Waals surface area contributed by atoms with Crippen LogP contribution in [0.1, 0.15) is 23.2 Å². The molecule has 1 aliphatic carbocycles. The van der Waals surface area contributed by atoms with Crippen LogP contribution in [0.3, 0.4) is 0 Å². The van der Waals surface area contributed by atoms with Crippen LogP contribution in [0.4, 0.5) is 4.39 Å². The van der Waals surface area contributed by atoms with Gasteiger partial charge in [0.05, 0.1) is 6.10 Å². The summed E-state index contributed by atoms with van der Waals surface area (Å²) in [5, 5.41) is 20.9. The van der Waals surface area contributed by atoms with Gasteiger partial charge in [-0.2, -0.15) is 0 Å². The topological polar surface area (TPSA) is 69.6 Å². The Labute approximate surface area is 91.7 Å². The van der Waals surface area contributed by atoms with Gasteiger partial charge < -0.3 is 15.5 Å². The fourth-order valence-corrected chi connectivity index (χ4v) is 1.70. The minimum atomic E-state index is -0.752. The molecule has 86 valence electrons. The molecule has 1 aromatic rings. The lowest BCUT2D eigenvalue weighted by Crippen LogP contribution is -2.46. The third-order valence-corrected chi connectivity index (χ3v) is 2.67. The lowest BCUT2D eigenvalue weighted by molar-refractivity contribution is 0.0560. The van der Waals surface area contributed by atoms with Crippen LogP contribution in [0.5, 0.6) is 5.75 Å². The van der Waals surface area contributed by atoms with Crippen molar-refractivity contribution in [3.05, 3.63) is 29.6 Å². The number of carbonyl (C=O) groups excluding carboxylic acids is 1. The first-order valence-corrected chi connectivity index (χ1v) is 5.04. The fraction of sp³-hybridized carbons (Fsp3) is 0.364. The zero-order chi connectivity index (χ0) is 11.7. The smallest absolute Gasteiger partial charge is 0.258 e. The molecule has 1 aliphatic rings. The third-order valence-electron chi connectivity index (χ3n) is 2.67. The monoisotopic (exact) mass is 225 g/mol. The number of halogens is 1. The summed E-state index contributed by atoms with van der Waals surface area (Å²) in [5.41, 5.74) is -0.344. The molecule has 16 heavy (non-hydrogen) atoms. The maximum atomic E-state index is 13.3. The van der Waals surface area contributed by atoms with Gasteiger partial charge in [0.1, 0.15) is 17.1 Å². The number of nitrogens with one attached hydrogen (secondary N) is 1. The maximum absolute atomic E-state index is 13.3. The van der Waals surface area contributed by atoms with Crippen LogP contribution in [0.25, 0.3) is 0 Å². The van der Waals surface area contributed by atoms with E-state index in [1.54, 1.807) is 0 Å². The van der Waals surface area contributed by atoms with Crippen molar-refractivity contribution < 1.29 is 19.4 Å². The van der Waals surface area contributed by atoms with Gasteiger partial charge in [-0.05, 0) is 25.0 Å². The highest BCUT2D eigenvalue weighted by atomic mass is 19.1. The van der Waals surface area contributed by atoms with E-state index in [9.17, 15) is 14.3 Å². The summed E-state index contributed by atoms with van der Waals surface area (Å²) in [4.78, 5) is 11.6. The van der Waals surface area contributed by atoms with Gasteiger partial charge in [0.2, 0.25) is 0 Å². The molecule has 0 aliphatic heterocycles. The van der Waals surface area contributed by atoms with Crippen LogP contribution in [0.2, 0.25) is 0 Å². The number of benzene rings is 1. The number of hydrogen-bond acceptors (Lipinski definition) is 3. The first-order chi connectivity index (χ1) is 7.58. The van der Waals surface area contributed by atoms with Crippen LogP contribution in [0.15, 0.2) is 18.2 Å². The second kappa shape index (κ2) is 4.09. The minimum absolute atomic E-state index is 0.137. The molecular formula is C11H12FNO3. The Morgan fingerprint density at radius 2 is 2.12 bits per heavy atom. The van der Waals surface area contributed by atoms with Crippen molar-refractivity contribution in [3.8, 4) is 5.75 Å². The summed E-state index contributed by atoms with van der Waals surface area (Å²) in [7, 11) is 0. The molecule has 0 unspecified atom stereocenters. The summed E-state index contributed by atoms with van der Waals surface area (Å²) in [6.07, 6.45) is 0.557. The lowest BCUT2D eigenvalue weighted by Gasteiger charge is -2.31. The Kier molecular flexibility index (Phi) is 2.78. The molecule has 0 saturated heterocycles. The average molecular weight is 225 g/mol. The molecule has 2 rings (SSSR count). The van der Waals surface area contributed by atoms with Crippen molar-refractivity contribution in [1.29, 1.82) is 0 Å². The number of rotatable bonds is 2. The molecule has 0 aromatic heterocycles. The molecule has 0 radical (unpaired) electrons. The maximum Gasteiger partial charge on any atom is 0.258 e. The predicted octanol–water partition coefficient (Wildman–Crippen LogP) is 0.784. The van der Waals surface area contributed by atoms with E-state index in [2.05, 4.69) is 5.32 Å². The lowest BCUT2D eigenvalue weighted by atomic mass is 9.89. The van der Waals surface area contributed by atoms with Crippen LogP contribution in [-0.4, -0.2) is 28.3 Å². The number of aromatic hydroxyl groups is 1. The van der Waals surface area contributed by atoms with E-state index in [1.807, 2.05) is 0 Å². The second-order valence-corrected chi connectivity index (χ2v) is 3.93. The van der Waals surface area contributed by atoms with Gasteiger partial charge in [-0.25, -0.2) is 4.39 Å². The zero-order valence-corrected chi connectivity index (χ0v) is 8.48. The Morgan fingerprint density at radius 3 is 2.69 bits per heavy atom. The number of phenolic OH excluding ortho intramolecular Hbond substituents is 1. The molecule has 1 saturated carbocycles. The molecule has 5 heteroatoms. The van der Waals surface area contributed by atoms with Crippen molar-refractivity contribution in [1.82, 2.24) is 5.32 Å². The van der Waals surface area contributed by atoms with Gasteiger partial charge in [0.15, 0.2) is 0 Å². The SMILES string of the molecule is O=C(NC1CC(O)C1)c1c(O)cccc1F. The van der Waals surface area contributed by atoms with E-state index in [4.69, 9.17) is 5.11 Å². The van der Waals surface area contributed by atoms with Crippen molar-refractivity contribution in [2.24, 2.45) is 0 Å². The van der Waals surface area contributed by atoms with E-state index in [-0.39, 0.29) is 23.5 Å². The molecule has 1 fully saturated rings. The van der Waals surface area contributed by atoms with Crippen LogP contribution in [-0.2, 0) is 0 Å². The minimum Gasteiger partial charge on any atom is -0.507 e. The Bertz CT molecular complexity index is 395. The fourth-order valence-electron chi connectivity index (χ4n) is 1.70. The predicted molar refractivity (Wildman–Crippen MR) is 54.6 cm³/mol. The van der Waals surface area contributed by atoms with Crippen molar-refractivity contribution >= 4 is 5.91 Å². The summed E-state index contributed by atoms with van der Waals surface area (Å²) in [6, 6.07) is 3.56. The molecule has 0 bridgehead atoms. The van der Waals surface area contributed by atoms with Crippen LogP contribution >= 0.6 is 0 Å². The number of aliphatic hydroxyl groups excluding tert-OH is 1. The van der Waals surface area contributed by atoms with Gasteiger partial charge in [0, 0.05) is 6.04 Å². The number of hydrogen-bond donors (Lipinski definition) is 3. The summed E-state index contributed by atoms with van der Waals surface area (Å²) in [6.45, 7) is 0. The van der Waals surface area contributed by atoms with E-state index in [0.717, 1.165) is 6.07 Å². The molecule has 1 amide bonds. The normalized spacial score (nSPS) is 23.6. The number of carbonyl (C=O) groups is 1. The quantitative estimate of drug-likeness (QED) is 0.696. The summed E-state index contributed by atoms with van der Waals surface area (Å²) >= 11 is 0. The van der Waals surface area contributed by atoms with E-state index >= 15 is 0 Å². The highest BCUT2D eigenvalue weighted by molar-refractivity contribution is 5.97. The highest BCUT2D eigenvalue weighted by Gasteiger charge is 2.29. The van der Waals surface area contributed by atoms with Crippen LogP contribution < -0.4 is 5.32 Å². The van der Waals surface area contributed by atoms with Crippen molar-refractivity contribution in [2.75, 3.05) is 0 Å². The van der Waals surface area contributed by atoms with Gasteiger partial charge in [0.25, 0.3) is 5.91 Å². The number of phenols is 1. The molecule has 1 aromatic carbocycles. The summed E-state index contributed by atoms with van der Waals surface area (Å²) < 4.78 is 13.3. The highest BCUT2D eigenvalue weighted by Crippen LogP contribution is 2.23. The Balaban J connectivity index is 2.09. The Morgan fingerprint density at radius 1 is 1.44 bits per heavy atom. The number of amides is 1.